The normalized spacial score (nSPS) is 16.7. The Kier molecular flexibility index (Phi) is 3.04. The van der Waals surface area contributed by atoms with E-state index < -0.39 is 0 Å². The maximum absolute atomic E-state index is 5.94. The summed E-state index contributed by atoms with van der Waals surface area (Å²) in [5, 5.41) is 5.55. The molecule has 0 amide bonds. The maximum Gasteiger partial charge on any atom is 0.130 e. The van der Waals surface area contributed by atoms with Crippen molar-refractivity contribution >= 4 is 28.3 Å². The average Bonchev–Trinajstić information content (AvgIpc) is 2.88. The Morgan fingerprint density at radius 2 is 1.90 bits per heavy atom. The van der Waals surface area contributed by atoms with E-state index >= 15 is 0 Å². The van der Waals surface area contributed by atoms with Crippen molar-refractivity contribution in [3.05, 3.63) is 70.7 Å². The van der Waals surface area contributed by atoms with Gasteiger partial charge < -0.3 is 5.32 Å². The molecule has 0 radical (unpaired) electrons. The van der Waals surface area contributed by atoms with Crippen LogP contribution in [-0.4, -0.2) is 11.0 Å². The lowest BCUT2D eigenvalue weighted by Gasteiger charge is -2.10. The van der Waals surface area contributed by atoms with Crippen molar-refractivity contribution in [3.8, 4) is 0 Å². The molecule has 104 valence electrons. The highest BCUT2D eigenvalue weighted by molar-refractivity contribution is 6.30. The zero-order chi connectivity index (χ0) is 14.2. The van der Waals surface area contributed by atoms with Crippen molar-refractivity contribution in [3.63, 3.8) is 0 Å². The van der Waals surface area contributed by atoms with E-state index in [0.29, 0.717) is 6.04 Å². The first-order chi connectivity index (χ1) is 10.3. The number of benzene rings is 2. The Morgan fingerprint density at radius 3 is 2.76 bits per heavy atom. The van der Waals surface area contributed by atoms with Gasteiger partial charge in [-0.25, -0.2) is 4.98 Å². The van der Waals surface area contributed by atoms with Crippen molar-refractivity contribution in [1.82, 2.24) is 4.98 Å². The second-order valence-corrected chi connectivity index (χ2v) is 6.00. The molecule has 2 aromatic carbocycles. The third kappa shape index (κ3) is 2.47. The van der Waals surface area contributed by atoms with Gasteiger partial charge in [0.2, 0.25) is 0 Å². The third-order valence-corrected chi connectivity index (χ3v) is 4.26. The molecule has 3 aromatic rings. The standard InChI is InChI=1S/C18H15ClN2/c19-15-7-5-12(6-8-15)9-16-11-14-10-13-3-1-2-4-17(13)21-18(14)20-16/h1-8,10,16H,9,11H2,(H,20,21). The van der Waals surface area contributed by atoms with Crippen LogP contribution in [0.1, 0.15) is 11.1 Å². The number of nitrogens with one attached hydrogen (secondary N) is 1. The Bertz CT molecular complexity index is 751. The van der Waals surface area contributed by atoms with E-state index in [-0.39, 0.29) is 0 Å². The molecule has 4 rings (SSSR count). The van der Waals surface area contributed by atoms with Gasteiger partial charge in [0.25, 0.3) is 0 Å². The lowest BCUT2D eigenvalue weighted by atomic mass is 10.0. The van der Waals surface area contributed by atoms with Gasteiger partial charge in [0.15, 0.2) is 0 Å². The van der Waals surface area contributed by atoms with Gasteiger partial charge >= 0.3 is 0 Å². The van der Waals surface area contributed by atoms with E-state index in [1.54, 1.807) is 0 Å². The first kappa shape index (κ1) is 12.7. The fourth-order valence-electron chi connectivity index (χ4n) is 2.98. The summed E-state index contributed by atoms with van der Waals surface area (Å²) in [4.78, 5) is 4.73. The van der Waals surface area contributed by atoms with Crippen LogP contribution < -0.4 is 5.32 Å². The predicted molar refractivity (Wildman–Crippen MR) is 88.0 cm³/mol. The van der Waals surface area contributed by atoms with Gasteiger partial charge in [-0.15, -0.1) is 0 Å². The molecule has 1 aliphatic rings. The average molecular weight is 295 g/mol. The van der Waals surface area contributed by atoms with Crippen LogP contribution in [-0.2, 0) is 12.8 Å². The Labute approximate surface area is 128 Å². The van der Waals surface area contributed by atoms with E-state index in [0.717, 1.165) is 29.2 Å². The number of fused-ring (bicyclic) bond motifs is 2. The number of hydrogen-bond donors (Lipinski definition) is 1. The summed E-state index contributed by atoms with van der Waals surface area (Å²) >= 11 is 5.94. The molecule has 1 N–H and O–H groups in total. The van der Waals surface area contributed by atoms with Gasteiger partial charge in [-0.3, -0.25) is 0 Å². The number of hydrogen-bond acceptors (Lipinski definition) is 2. The van der Waals surface area contributed by atoms with Crippen molar-refractivity contribution in [2.75, 3.05) is 5.32 Å². The minimum absolute atomic E-state index is 0.408. The molecular formula is C18H15ClN2. The molecule has 21 heavy (non-hydrogen) atoms. The minimum Gasteiger partial charge on any atom is -0.366 e. The first-order valence-corrected chi connectivity index (χ1v) is 7.55. The second kappa shape index (κ2) is 5.05. The van der Waals surface area contributed by atoms with Crippen LogP contribution in [0.4, 0.5) is 5.82 Å². The van der Waals surface area contributed by atoms with Gasteiger partial charge in [-0.1, -0.05) is 41.9 Å². The van der Waals surface area contributed by atoms with Gasteiger partial charge in [0.05, 0.1) is 5.52 Å². The van der Waals surface area contributed by atoms with Crippen molar-refractivity contribution < 1.29 is 0 Å². The molecule has 0 saturated carbocycles. The van der Waals surface area contributed by atoms with Gasteiger partial charge in [-0.2, -0.15) is 0 Å². The number of halogens is 1. The van der Waals surface area contributed by atoms with Gasteiger partial charge in [0, 0.05) is 16.5 Å². The largest absolute Gasteiger partial charge is 0.366 e. The van der Waals surface area contributed by atoms with E-state index in [9.17, 15) is 0 Å². The zero-order valence-corrected chi connectivity index (χ0v) is 12.3. The lowest BCUT2D eigenvalue weighted by Crippen LogP contribution is -2.18. The molecule has 1 aliphatic heterocycles. The maximum atomic E-state index is 5.94. The van der Waals surface area contributed by atoms with Crippen LogP contribution in [0, 0.1) is 0 Å². The van der Waals surface area contributed by atoms with E-state index in [1.807, 2.05) is 18.2 Å². The lowest BCUT2D eigenvalue weighted by molar-refractivity contribution is 0.746. The second-order valence-electron chi connectivity index (χ2n) is 5.56. The highest BCUT2D eigenvalue weighted by Crippen LogP contribution is 2.29. The van der Waals surface area contributed by atoms with E-state index in [1.165, 1.54) is 16.5 Å². The van der Waals surface area contributed by atoms with Crippen LogP contribution in [0.3, 0.4) is 0 Å². The highest BCUT2D eigenvalue weighted by Gasteiger charge is 2.22. The quantitative estimate of drug-likeness (QED) is 0.754. The molecule has 0 saturated heterocycles. The SMILES string of the molecule is Clc1ccc(CC2Cc3cc4ccccc4nc3N2)cc1. The van der Waals surface area contributed by atoms with Crippen LogP contribution in [0.2, 0.25) is 5.02 Å². The number of rotatable bonds is 2. The third-order valence-electron chi connectivity index (χ3n) is 4.01. The predicted octanol–water partition coefficient (Wildman–Crippen LogP) is 4.47. The highest BCUT2D eigenvalue weighted by atomic mass is 35.5. The Morgan fingerprint density at radius 1 is 1.10 bits per heavy atom. The summed E-state index contributed by atoms with van der Waals surface area (Å²) in [6.07, 6.45) is 2.01. The molecule has 1 aromatic heterocycles. The number of nitrogens with zero attached hydrogens (tertiary/aromatic N) is 1. The Balaban J connectivity index is 1.58. The summed E-state index contributed by atoms with van der Waals surface area (Å²) in [5.74, 6) is 1.03. The molecular weight excluding hydrogens is 280 g/mol. The summed E-state index contributed by atoms with van der Waals surface area (Å²) in [6, 6.07) is 19.0. The van der Waals surface area contributed by atoms with Crippen molar-refractivity contribution in [2.24, 2.45) is 0 Å². The summed E-state index contributed by atoms with van der Waals surface area (Å²) in [5.41, 5.74) is 3.66. The smallest absolute Gasteiger partial charge is 0.130 e. The molecule has 2 nitrogen and oxygen atoms in total. The molecule has 2 heterocycles. The van der Waals surface area contributed by atoms with Crippen LogP contribution in [0.15, 0.2) is 54.6 Å². The number of aromatic nitrogens is 1. The molecule has 0 fully saturated rings. The van der Waals surface area contributed by atoms with Crippen molar-refractivity contribution in [2.45, 2.75) is 18.9 Å². The monoisotopic (exact) mass is 294 g/mol. The van der Waals surface area contributed by atoms with Crippen molar-refractivity contribution in [1.29, 1.82) is 0 Å². The van der Waals surface area contributed by atoms with Crippen LogP contribution in [0.5, 0.6) is 0 Å². The summed E-state index contributed by atoms with van der Waals surface area (Å²) < 4.78 is 0. The minimum atomic E-state index is 0.408. The Hall–Kier alpha value is -2.06. The molecule has 0 bridgehead atoms. The first-order valence-electron chi connectivity index (χ1n) is 7.17. The van der Waals surface area contributed by atoms with Crippen LogP contribution in [0.25, 0.3) is 10.9 Å². The van der Waals surface area contributed by atoms with E-state index in [4.69, 9.17) is 16.6 Å². The van der Waals surface area contributed by atoms with Gasteiger partial charge in [0.1, 0.15) is 5.82 Å². The molecule has 0 aliphatic carbocycles. The molecule has 1 atom stereocenters. The summed E-state index contributed by atoms with van der Waals surface area (Å²) in [7, 11) is 0. The van der Waals surface area contributed by atoms with Crippen LogP contribution >= 0.6 is 11.6 Å². The fraction of sp³-hybridized carbons (Fsp3) is 0.167. The topological polar surface area (TPSA) is 24.9 Å². The number of anilines is 1. The number of para-hydroxylation sites is 1. The fourth-order valence-corrected chi connectivity index (χ4v) is 3.10. The molecule has 3 heteroatoms. The molecule has 1 unspecified atom stereocenters. The van der Waals surface area contributed by atoms with Gasteiger partial charge in [-0.05, 0) is 48.2 Å². The summed E-state index contributed by atoms with van der Waals surface area (Å²) in [6.45, 7) is 0. The van der Waals surface area contributed by atoms with E-state index in [2.05, 4.69) is 41.7 Å². The number of pyridine rings is 1. The molecule has 0 spiro atoms. The zero-order valence-electron chi connectivity index (χ0n) is 11.5.